The average molecular weight is 175 g/mol. The quantitative estimate of drug-likeness (QED) is 0.665. The molecule has 0 unspecified atom stereocenters. The zero-order valence-electron chi connectivity index (χ0n) is 4.94. The highest BCUT2D eigenvalue weighted by Crippen LogP contribution is 2.10. The van der Waals surface area contributed by atoms with Gasteiger partial charge in [-0.2, -0.15) is 12.6 Å². The van der Waals surface area contributed by atoms with Gasteiger partial charge in [-0.25, -0.2) is 9.78 Å². The number of aromatic carboxylic acids is 1. The standard InChI is InChI=1S/C5H5NO2S2/c7-5(8)3-2-10-4(1-9)6-3/h2,9H,1H2,(H,7,8). The van der Waals surface area contributed by atoms with Crippen molar-refractivity contribution in [1.29, 1.82) is 0 Å². The third kappa shape index (κ3) is 1.48. The van der Waals surface area contributed by atoms with Gasteiger partial charge in [-0.15, -0.1) is 11.3 Å². The molecule has 1 aromatic heterocycles. The highest BCUT2D eigenvalue weighted by Gasteiger charge is 2.06. The Morgan fingerprint density at radius 2 is 2.60 bits per heavy atom. The van der Waals surface area contributed by atoms with Gasteiger partial charge in [-0.05, 0) is 0 Å². The number of hydrogen-bond acceptors (Lipinski definition) is 4. The maximum Gasteiger partial charge on any atom is 0.355 e. The number of carboxylic acid groups (broad SMARTS) is 1. The van der Waals surface area contributed by atoms with Crippen LogP contribution >= 0.6 is 24.0 Å². The Balaban J connectivity index is 2.88. The number of hydrogen-bond donors (Lipinski definition) is 2. The summed E-state index contributed by atoms with van der Waals surface area (Å²) < 4.78 is 0. The number of thiol groups is 1. The number of rotatable bonds is 2. The van der Waals surface area contributed by atoms with E-state index in [1.807, 2.05) is 0 Å². The van der Waals surface area contributed by atoms with E-state index < -0.39 is 5.97 Å². The summed E-state index contributed by atoms with van der Waals surface area (Å²) in [4.78, 5) is 14.0. The van der Waals surface area contributed by atoms with Crippen LogP contribution in [0.3, 0.4) is 0 Å². The summed E-state index contributed by atoms with van der Waals surface area (Å²) in [5.74, 6) is -0.484. The predicted octanol–water partition coefficient (Wildman–Crippen LogP) is 1.27. The molecule has 3 nitrogen and oxygen atoms in total. The second kappa shape index (κ2) is 3.03. The Hall–Kier alpha value is -0.550. The molecule has 1 heterocycles. The van der Waals surface area contributed by atoms with Crippen molar-refractivity contribution in [2.75, 3.05) is 0 Å². The maximum absolute atomic E-state index is 10.2. The van der Waals surface area contributed by atoms with Crippen LogP contribution in [0.15, 0.2) is 5.38 Å². The summed E-state index contributed by atoms with van der Waals surface area (Å²) in [5.41, 5.74) is 0.106. The fraction of sp³-hybridized carbons (Fsp3) is 0.200. The molecule has 1 aromatic rings. The van der Waals surface area contributed by atoms with Crippen LogP contribution in [-0.2, 0) is 5.75 Å². The Morgan fingerprint density at radius 1 is 1.90 bits per heavy atom. The van der Waals surface area contributed by atoms with Crippen LogP contribution in [0.4, 0.5) is 0 Å². The lowest BCUT2D eigenvalue weighted by Crippen LogP contribution is -1.95. The fourth-order valence-corrected chi connectivity index (χ4v) is 1.40. The minimum atomic E-state index is -0.982. The maximum atomic E-state index is 10.2. The fourth-order valence-electron chi connectivity index (χ4n) is 0.482. The second-order valence-electron chi connectivity index (χ2n) is 1.59. The zero-order valence-corrected chi connectivity index (χ0v) is 6.65. The molecular formula is C5H5NO2S2. The van der Waals surface area contributed by atoms with E-state index >= 15 is 0 Å². The van der Waals surface area contributed by atoms with E-state index in [0.717, 1.165) is 5.01 Å². The Bertz CT molecular complexity index is 246. The first kappa shape index (κ1) is 7.56. The van der Waals surface area contributed by atoms with Gasteiger partial charge in [-0.1, -0.05) is 0 Å². The normalized spacial score (nSPS) is 9.70. The van der Waals surface area contributed by atoms with Gasteiger partial charge in [0.2, 0.25) is 0 Å². The molecule has 10 heavy (non-hydrogen) atoms. The first-order chi connectivity index (χ1) is 4.74. The molecule has 0 saturated heterocycles. The number of carbonyl (C=O) groups is 1. The molecule has 0 amide bonds. The number of carboxylic acids is 1. The molecule has 0 aliphatic carbocycles. The van der Waals surface area contributed by atoms with Crippen molar-refractivity contribution in [2.45, 2.75) is 5.75 Å². The van der Waals surface area contributed by atoms with Crippen molar-refractivity contribution < 1.29 is 9.90 Å². The molecule has 0 spiro atoms. The topological polar surface area (TPSA) is 50.2 Å². The van der Waals surface area contributed by atoms with Gasteiger partial charge >= 0.3 is 5.97 Å². The summed E-state index contributed by atoms with van der Waals surface area (Å²) in [5, 5.41) is 10.7. The molecular weight excluding hydrogens is 170 g/mol. The zero-order chi connectivity index (χ0) is 7.56. The monoisotopic (exact) mass is 175 g/mol. The summed E-state index contributed by atoms with van der Waals surface area (Å²) in [6.45, 7) is 0. The van der Waals surface area contributed by atoms with Gasteiger partial charge in [0.1, 0.15) is 5.01 Å². The van der Waals surface area contributed by atoms with Gasteiger partial charge in [0.15, 0.2) is 5.69 Å². The Labute approximate surface area is 67.1 Å². The Kier molecular flexibility index (Phi) is 2.29. The van der Waals surface area contributed by atoms with Gasteiger partial charge < -0.3 is 5.11 Å². The van der Waals surface area contributed by atoms with Gasteiger partial charge in [-0.3, -0.25) is 0 Å². The Morgan fingerprint density at radius 3 is 2.90 bits per heavy atom. The van der Waals surface area contributed by atoms with Crippen molar-refractivity contribution in [3.63, 3.8) is 0 Å². The first-order valence-electron chi connectivity index (χ1n) is 2.52. The number of thiazole rings is 1. The van der Waals surface area contributed by atoms with Crippen molar-refractivity contribution >= 4 is 29.9 Å². The summed E-state index contributed by atoms with van der Waals surface area (Å²) in [7, 11) is 0. The molecule has 54 valence electrons. The second-order valence-corrected chi connectivity index (χ2v) is 2.85. The van der Waals surface area contributed by atoms with Crippen LogP contribution < -0.4 is 0 Å². The molecule has 0 bridgehead atoms. The van der Waals surface area contributed by atoms with E-state index in [1.54, 1.807) is 0 Å². The molecule has 0 saturated carbocycles. The molecule has 0 atom stereocenters. The number of nitrogens with zero attached hydrogens (tertiary/aromatic N) is 1. The molecule has 0 aliphatic rings. The highest BCUT2D eigenvalue weighted by molar-refractivity contribution is 7.79. The van der Waals surface area contributed by atoms with Crippen molar-refractivity contribution in [1.82, 2.24) is 4.98 Å². The molecule has 1 rings (SSSR count). The molecule has 0 aromatic carbocycles. The highest BCUT2D eigenvalue weighted by atomic mass is 32.1. The lowest BCUT2D eigenvalue weighted by molar-refractivity contribution is 0.0691. The minimum Gasteiger partial charge on any atom is -0.476 e. The van der Waals surface area contributed by atoms with Crippen LogP contribution in [0.2, 0.25) is 0 Å². The van der Waals surface area contributed by atoms with Gasteiger partial charge in [0, 0.05) is 11.1 Å². The summed E-state index contributed by atoms with van der Waals surface area (Å²) in [6.07, 6.45) is 0. The van der Waals surface area contributed by atoms with Crippen LogP contribution in [0.1, 0.15) is 15.5 Å². The van der Waals surface area contributed by atoms with Crippen molar-refractivity contribution in [2.24, 2.45) is 0 Å². The van der Waals surface area contributed by atoms with E-state index in [4.69, 9.17) is 5.11 Å². The SMILES string of the molecule is O=C(O)c1csc(CS)n1. The molecule has 0 aliphatic heterocycles. The predicted molar refractivity (Wildman–Crippen MR) is 41.8 cm³/mol. The van der Waals surface area contributed by atoms with E-state index in [2.05, 4.69) is 17.6 Å². The third-order valence-electron chi connectivity index (χ3n) is 0.906. The summed E-state index contributed by atoms with van der Waals surface area (Å²) in [6, 6.07) is 0. The smallest absolute Gasteiger partial charge is 0.355 e. The lowest BCUT2D eigenvalue weighted by Gasteiger charge is -1.82. The average Bonchev–Trinajstić information content (AvgIpc) is 2.34. The van der Waals surface area contributed by atoms with E-state index in [-0.39, 0.29) is 5.69 Å². The first-order valence-corrected chi connectivity index (χ1v) is 4.04. The van der Waals surface area contributed by atoms with Crippen LogP contribution in [0, 0.1) is 0 Å². The minimum absolute atomic E-state index is 0.106. The van der Waals surface area contributed by atoms with Crippen LogP contribution in [0.5, 0.6) is 0 Å². The third-order valence-corrected chi connectivity index (χ3v) is 2.27. The van der Waals surface area contributed by atoms with Crippen LogP contribution in [-0.4, -0.2) is 16.1 Å². The van der Waals surface area contributed by atoms with E-state index in [1.165, 1.54) is 16.7 Å². The molecule has 0 fully saturated rings. The number of aromatic nitrogens is 1. The van der Waals surface area contributed by atoms with Crippen LogP contribution in [0.25, 0.3) is 0 Å². The molecule has 5 heteroatoms. The van der Waals surface area contributed by atoms with Gasteiger partial charge in [0.25, 0.3) is 0 Å². The van der Waals surface area contributed by atoms with Crippen molar-refractivity contribution in [3.05, 3.63) is 16.1 Å². The molecule has 0 radical (unpaired) electrons. The summed E-state index contributed by atoms with van der Waals surface area (Å²) >= 11 is 5.26. The van der Waals surface area contributed by atoms with Crippen molar-refractivity contribution in [3.8, 4) is 0 Å². The van der Waals surface area contributed by atoms with E-state index in [0.29, 0.717) is 5.75 Å². The molecule has 1 N–H and O–H groups in total. The van der Waals surface area contributed by atoms with E-state index in [9.17, 15) is 4.79 Å². The lowest BCUT2D eigenvalue weighted by atomic mass is 10.5. The largest absolute Gasteiger partial charge is 0.476 e. The van der Waals surface area contributed by atoms with Gasteiger partial charge in [0.05, 0.1) is 0 Å².